The second kappa shape index (κ2) is 9.29. The van der Waals surface area contributed by atoms with E-state index in [4.69, 9.17) is 9.47 Å². The van der Waals surface area contributed by atoms with E-state index < -0.39 is 5.41 Å². The van der Waals surface area contributed by atoms with Gasteiger partial charge >= 0.3 is 0 Å². The van der Waals surface area contributed by atoms with Crippen LogP contribution in [0.4, 0.5) is 0 Å². The summed E-state index contributed by atoms with van der Waals surface area (Å²) in [5.41, 5.74) is 0.492. The molecule has 3 nitrogen and oxygen atoms in total. The molecule has 1 aromatic carbocycles. The number of benzene rings is 1. The highest BCUT2D eigenvalue weighted by atomic mass is 79.9. The number of hydrogen-bond donors (Lipinski definition) is 0. The number of halogens is 1. The van der Waals surface area contributed by atoms with Crippen molar-refractivity contribution in [1.82, 2.24) is 0 Å². The SMILES string of the molecule is CCOC(CCC(C#N)(c1ccccc1Br)C(C)C)OCC. The van der Waals surface area contributed by atoms with Crippen molar-refractivity contribution in [2.75, 3.05) is 13.2 Å². The molecule has 1 aromatic rings. The minimum absolute atomic E-state index is 0.195. The van der Waals surface area contributed by atoms with Gasteiger partial charge in [0.15, 0.2) is 6.29 Å². The maximum absolute atomic E-state index is 9.95. The van der Waals surface area contributed by atoms with Crippen LogP contribution in [0.2, 0.25) is 0 Å². The number of nitriles is 1. The first-order chi connectivity index (χ1) is 10.5. The molecule has 4 heteroatoms. The summed E-state index contributed by atoms with van der Waals surface area (Å²) in [6.45, 7) is 9.33. The number of nitrogens with zero attached hydrogens (tertiary/aromatic N) is 1. The molecule has 0 saturated carbocycles. The molecule has 0 fully saturated rings. The summed E-state index contributed by atoms with van der Waals surface area (Å²) in [5.74, 6) is 0.195. The lowest BCUT2D eigenvalue weighted by atomic mass is 9.70. The van der Waals surface area contributed by atoms with E-state index >= 15 is 0 Å². The van der Waals surface area contributed by atoms with Gasteiger partial charge in [0.25, 0.3) is 0 Å². The molecule has 122 valence electrons. The van der Waals surface area contributed by atoms with Gasteiger partial charge < -0.3 is 9.47 Å². The zero-order valence-corrected chi connectivity index (χ0v) is 15.5. The van der Waals surface area contributed by atoms with E-state index in [9.17, 15) is 5.26 Å². The quantitative estimate of drug-likeness (QED) is 0.573. The van der Waals surface area contributed by atoms with E-state index in [1.165, 1.54) is 0 Å². The summed E-state index contributed by atoms with van der Waals surface area (Å²) in [6.07, 6.45) is 1.16. The van der Waals surface area contributed by atoms with E-state index in [1.54, 1.807) is 0 Å². The standard InChI is InChI=1S/C18H26BrNO2/c1-5-21-17(22-6-2)11-12-18(13-20,14(3)4)15-9-7-8-10-16(15)19/h7-10,14,17H,5-6,11-12H2,1-4H3. The van der Waals surface area contributed by atoms with Crippen molar-refractivity contribution < 1.29 is 9.47 Å². The Morgan fingerprint density at radius 1 is 1.18 bits per heavy atom. The summed E-state index contributed by atoms with van der Waals surface area (Å²) in [6, 6.07) is 10.5. The highest BCUT2D eigenvalue weighted by Crippen LogP contribution is 2.40. The molecule has 0 amide bonds. The third-order valence-corrected chi connectivity index (χ3v) is 4.71. The molecule has 0 aliphatic carbocycles. The Hall–Kier alpha value is -0.890. The Labute approximate surface area is 142 Å². The van der Waals surface area contributed by atoms with E-state index in [-0.39, 0.29) is 12.2 Å². The van der Waals surface area contributed by atoms with Gasteiger partial charge in [-0.05, 0) is 37.8 Å². The van der Waals surface area contributed by atoms with Crippen LogP contribution in [-0.4, -0.2) is 19.5 Å². The molecule has 0 aliphatic heterocycles. The van der Waals surface area contributed by atoms with Gasteiger partial charge in [-0.25, -0.2) is 0 Å². The molecular formula is C18H26BrNO2. The zero-order chi connectivity index (χ0) is 16.6. The molecule has 0 N–H and O–H groups in total. The second-order valence-corrected chi connectivity index (χ2v) is 6.45. The Balaban J connectivity index is 3.04. The van der Waals surface area contributed by atoms with E-state index in [0.29, 0.717) is 26.1 Å². The van der Waals surface area contributed by atoms with Crippen molar-refractivity contribution in [3.63, 3.8) is 0 Å². The predicted octanol–water partition coefficient (Wildman–Crippen LogP) is 5.05. The molecule has 0 bridgehead atoms. The Bertz CT molecular complexity index is 492. The molecule has 0 heterocycles. The lowest BCUT2D eigenvalue weighted by Crippen LogP contribution is -2.33. The predicted molar refractivity (Wildman–Crippen MR) is 92.5 cm³/mol. The fourth-order valence-electron chi connectivity index (χ4n) is 2.73. The van der Waals surface area contributed by atoms with Gasteiger partial charge in [0, 0.05) is 24.1 Å². The Kier molecular flexibility index (Phi) is 8.09. The van der Waals surface area contributed by atoms with Crippen molar-refractivity contribution in [3.05, 3.63) is 34.3 Å². The van der Waals surface area contributed by atoms with Crippen molar-refractivity contribution in [2.45, 2.75) is 52.2 Å². The van der Waals surface area contributed by atoms with Gasteiger partial charge in [0.05, 0.1) is 11.5 Å². The van der Waals surface area contributed by atoms with Crippen molar-refractivity contribution in [3.8, 4) is 6.07 Å². The summed E-state index contributed by atoms with van der Waals surface area (Å²) < 4.78 is 12.2. The first-order valence-electron chi connectivity index (χ1n) is 7.91. The van der Waals surface area contributed by atoms with E-state index in [0.717, 1.165) is 10.0 Å². The molecule has 0 radical (unpaired) electrons. The first-order valence-corrected chi connectivity index (χ1v) is 8.70. The van der Waals surface area contributed by atoms with Crippen LogP contribution >= 0.6 is 15.9 Å². The second-order valence-electron chi connectivity index (χ2n) is 5.60. The summed E-state index contributed by atoms with van der Waals surface area (Å²) >= 11 is 3.60. The van der Waals surface area contributed by atoms with Crippen LogP contribution in [0.5, 0.6) is 0 Å². The third kappa shape index (κ3) is 4.55. The van der Waals surface area contributed by atoms with Crippen LogP contribution in [0.3, 0.4) is 0 Å². The molecule has 0 aliphatic rings. The van der Waals surface area contributed by atoms with Crippen molar-refractivity contribution in [2.24, 2.45) is 5.92 Å². The van der Waals surface area contributed by atoms with Gasteiger partial charge in [0.1, 0.15) is 0 Å². The van der Waals surface area contributed by atoms with E-state index in [1.807, 2.05) is 38.1 Å². The van der Waals surface area contributed by atoms with Crippen LogP contribution in [0.1, 0.15) is 46.1 Å². The molecule has 1 unspecified atom stereocenters. The average Bonchev–Trinajstić information content (AvgIpc) is 2.49. The fourth-order valence-corrected chi connectivity index (χ4v) is 3.37. The maximum atomic E-state index is 9.95. The molecule has 0 spiro atoms. The van der Waals surface area contributed by atoms with Gasteiger partial charge in [-0.3, -0.25) is 0 Å². The molecule has 1 atom stereocenters. The normalized spacial score (nSPS) is 14.1. The molecular weight excluding hydrogens is 342 g/mol. The molecule has 0 saturated heterocycles. The zero-order valence-electron chi connectivity index (χ0n) is 13.9. The maximum Gasteiger partial charge on any atom is 0.157 e. The monoisotopic (exact) mass is 367 g/mol. The van der Waals surface area contributed by atoms with Crippen LogP contribution in [-0.2, 0) is 14.9 Å². The topological polar surface area (TPSA) is 42.2 Å². The minimum atomic E-state index is -0.549. The highest BCUT2D eigenvalue weighted by molar-refractivity contribution is 9.10. The third-order valence-electron chi connectivity index (χ3n) is 4.02. The lowest BCUT2D eigenvalue weighted by Gasteiger charge is -2.33. The lowest BCUT2D eigenvalue weighted by molar-refractivity contribution is -0.141. The van der Waals surface area contributed by atoms with Gasteiger partial charge in [-0.2, -0.15) is 5.26 Å². The van der Waals surface area contributed by atoms with Crippen LogP contribution in [0.15, 0.2) is 28.7 Å². The van der Waals surface area contributed by atoms with Crippen LogP contribution in [0.25, 0.3) is 0 Å². The van der Waals surface area contributed by atoms with Gasteiger partial charge in [-0.1, -0.05) is 48.0 Å². The average molecular weight is 368 g/mol. The smallest absolute Gasteiger partial charge is 0.157 e. The summed E-state index contributed by atoms with van der Waals surface area (Å²) in [4.78, 5) is 0. The molecule has 0 aromatic heterocycles. The van der Waals surface area contributed by atoms with Gasteiger partial charge in [-0.15, -0.1) is 0 Å². The van der Waals surface area contributed by atoms with Crippen molar-refractivity contribution >= 4 is 15.9 Å². The number of ether oxygens (including phenoxy) is 2. The van der Waals surface area contributed by atoms with Crippen molar-refractivity contribution in [1.29, 1.82) is 5.26 Å². The van der Waals surface area contributed by atoms with Crippen LogP contribution in [0, 0.1) is 17.2 Å². The van der Waals surface area contributed by atoms with E-state index in [2.05, 4.69) is 35.8 Å². The van der Waals surface area contributed by atoms with Crippen LogP contribution < -0.4 is 0 Å². The summed E-state index contributed by atoms with van der Waals surface area (Å²) in [5, 5.41) is 9.95. The molecule has 22 heavy (non-hydrogen) atoms. The Morgan fingerprint density at radius 3 is 2.23 bits per heavy atom. The number of hydrogen-bond acceptors (Lipinski definition) is 3. The van der Waals surface area contributed by atoms with Gasteiger partial charge in [0.2, 0.25) is 0 Å². The fraction of sp³-hybridized carbons (Fsp3) is 0.611. The highest BCUT2D eigenvalue weighted by Gasteiger charge is 2.37. The minimum Gasteiger partial charge on any atom is -0.353 e. The Morgan fingerprint density at radius 2 is 1.77 bits per heavy atom. The summed E-state index contributed by atoms with van der Waals surface area (Å²) in [7, 11) is 0. The first kappa shape index (κ1) is 19.2. The largest absolute Gasteiger partial charge is 0.353 e. The number of rotatable bonds is 9. The molecule has 1 rings (SSSR count).